The lowest BCUT2D eigenvalue weighted by Gasteiger charge is -2.32. The number of carbonyl (C=O) groups excluding carboxylic acids is 1. The van der Waals surface area contributed by atoms with Crippen LogP contribution in [0.25, 0.3) is 0 Å². The zero-order valence-corrected chi connectivity index (χ0v) is 18.8. The van der Waals surface area contributed by atoms with Crippen molar-refractivity contribution in [2.75, 3.05) is 39.2 Å². The molecule has 1 aliphatic heterocycles. The number of aliphatic carboxylic acids is 2. The van der Waals surface area contributed by atoms with E-state index < -0.39 is 11.9 Å². The van der Waals surface area contributed by atoms with Crippen molar-refractivity contribution >= 4 is 23.5 Å². The molecule has 0 aliphatic carbocycles. The van der Waals surface area contributed by atoms with E-state index in [2.05, 4.69) is 35.6 Å². The number of hydrogen-bond acceptors (Lipinski definition) is 6. The van der Waals surface area contributed by atoms with E-state index in [-0.39, 0.29) is 5.91 Å². The van der Waals surface area contributed by atoms with E-state index in [0.29, 0.717) is 24.0 Å². The van der Waals surface area contributed by atoms with E-state index in [4.69, 9.17) is 29.3 Å². The molecular weight excluding hydrogens is 428 g/mol. The van der Waals surface area contributed by atoms with E-state index in [1.165, 1.54) is 5.56 Å². The number of hydrogen-bond donors (Lipinski definition) is 3. The maximum Gasteiger partial charge on any atom is 0.414 e. The van der Waals surface area contributed by atoms with Crippen LogP contribution in [0.2, 0.25) is 0 Å². The zero-order chi connectivity index (χ0) is 24.2. The Balaban J connectivity index is 0.000000569. The number of carboxylic acids is 2. The van der Waals surface area contributed by atoms with Gasteiger partial charge in [-0.3, -0.25) is 4.79 Å². The van der Waals surface area contributed by atoms with Crippen molar-refractivity contribution < 1.29 is 34.1 Å². The van der Waals surface area contributed by atoms with Gasteiger partial charge in [-0.25, -0.2) is 9.59 Å². The molecule has 0 bridgehead atoms. The van der Waals surface area contributed by atoms with Gasteiger partial charge in [-0.05, 0) is 42.9 Å². The molecule has 0 spiro atoms. The standard InChI is InChI=1S/C22H28N2O3.C2H2O4/c1-26-20-9-8-19(15-21(20)27-2)23-16-22(25)24-12-10-18(11-13-24)14-17-6-4-3-5-7-17;3-1(4)2(5)6/h3-9,15,18,23H,10-14,16H2,1-2H3;(H,3,4)(H,5,6). The summed E-state index contributed by atoms with van der Waals surface area (Å²) < 4.78 is 10.5. The van der Waals surface area contributed by atoms with Crippen molar-refractivity contribution in [3.05, 3.63) is 54.1 Å². The lowest BCUT2D eigenvalue weighted by molar-refractivity contribution is -0.159. The predicted molar refractivity (Wildman–Crippen MR) is 123 cm³/mol. The Labute approximate surface area is 192 Å². The molecule has 0 unspecified atom stereocenters. The highest BCUT2D eigenvalue weighted by Crippen LogP contribution is 2.29. The van der Waals surface area contributed by atoms with Crippen molar-refractivity contribution in [2.45, 2.75) is 19.3 Å². The summed E-state index contributed by atoms with van der Waals surface area (Å²) in [6.07, 6.45) is 3.24. The van der Waals surface area contributed by atoms with Crippen molar-refractivity contribution in [3.63, 3.8) is 0 Å². The fourth-order valence-corrected chi connectivity index (χ4v) is 3.57. The van der Waals surface area contributed by atoms with Crippen LogP contribution in [0.4, 0.5) is 5.69 Å². The normalized spacial score (nSPS) is 13.3. The summed E-state index contributed by atoms with van der Waals surface area (Å²) in [4.78, 5) is 32.7. The van der Waals surface area contributed by atoms with Gasteiger partial charge in [0.05, 0.1) is 20.8 Å². The minimum absolute atomic E-state index is 0.142. The summed E-state index contributed by atoms with van der Waals surface area (Å²) in [5, 5.41) is 18.0. The molecule has 1 saturated heterocycles. The molecule has 0 saturated carbocycles. The van der Waals surface area contributed by atoms with Crippen LogP contribution < -0.4 is 14.8 Å². The van der Waals surface area contributed by atoms with Gasteiger partial charge in [-0.15, -0.1) is 0 Å². The summed E-state index contributed by atoms with van der Waals surface area (Å²) in [7, 11) is 3.21. The molecule has 33 heavy (non-hydrogen) atoms. The van der Waals surface area contributed by atoms with Crippen molar-refractivity contribution in [1.82, 2.24) is 4.90 Å². The Morgan fingerprint density at radius 2 is 1.55 bits per heavy atom. The van der Waals surface area contributed by atoms with Crippen molar-refractivity contribution in [2.24, 2.45) is 5.92 Å². The summed E-state index contributed by atoms with van der Waals surface area (Å²) in [6, 6.07) is 16.2. The number of ether oxygens (including phenoxy) is 2. The van der Waals surface area contributed by atoms with Gasteiger partial charge in [0, 0.05) is 24.8 Å². The maximum atomic E-state index is 12.5. The second kappa shape index (κ2) is 12.9. The van der Waals surface area contributed by atoms with Gasteiger partial charge in [0.2, 0.25) is 5.91 Å². The highest BCUT2D eigenvalue weighted by Gasteiger charge is 2.22. The Kier molecular flexibility index (Phi) is 10.0. The average molecular weight is 459 g/mol. The van der Waals surface area contributed by atoms with Gasteiger partial charge in [0.1, 0.15) is 0 Å². The number of benzene rings is 2. The number of piperidine rings is 1. The second-order valence-corrected chi connectivity index (χ2v) is 7.55. The molecule has 1 aliphatic rings. The molecule has 1 amide bonds. The summed E-state index contributed by atoms with van der Waals surface area (Å²) >= 11 is 0. The van der Waals surface area contributed by atoms with Crippen LogP contribution >= 0.6 is 0 Å². The Bertz CT molecular complexity index is 914. The van der Waals surface area contributed by atoms with Crippen LogP contribution in [0.15, 0.2) is 48.5 Å². The number of carboxylic acid groups (broad SMARTS) is 2. The topological polar surface area (TPSA) is 125 Å². The molecule has 0 radical (unpaired) electrons. The van der Waals surface area contributed by atoms with Crippen LogP contribution in [-0.2, 0) is 20.8 Å². The Morgan fingerprint density at radius 1 is 0.939 bits per heavy atom. The minimum atomic E-state index is -1.82. The van der Waals surface area contributed by atoms with E-state index in [1.54, 1.807) is 14.2 Å². The molecular formula is C24H30N2O7. The number of rotatable bonds is 7. The molecule has 2 aromatic carbocycles. The number of amides is 1. The van der Waals surface area contributed by atoms with Crippen LogP contribution in [0, 0.1) is 5.92 Å². The molecule has 0 atom stereocenters. The fraction of sp³-hybridized carbons (Fsp3) is 0.375. The van der Waals surface area contributed by atoms with Gasteiger partial charge in [-0.1, -0.05) is 30.3 Å². The minimum Gasteiger partial charge on any atom is -0.493 e. The zero-order valence-electron chi connectivity index (χ0n) is 18.8. The summed E-state index contributed by atoms with van der Waals surface area (Å²) in [6.45, 7) is 1.97. The summed E-state index contributed by atoms with van der Waals surface area (Å²) in [5.74, 6) is -1.52. The number of nitrogens with one attached hydrogen (secondary N) is 1. The molecule has 1 fully saturated rings. The highest BCUT2D eigenvalue weighted by atomic mass is 16.5. The van der Waals surface area contributed by atoms with E-state index in [9.17, 15) is 4.79 Å². The molecule has 3 rings (SSSR count). The number of likely N-dealkylation sites (tertiary alicyclic amines) is 1. The first-order valence-electron chi connectivity index (χ1n) is 10.6. The number of carbonyl (C=O) groups is 3. The molecule has 1 heterocycles. The number of anilines is 1. The number of nitrogens with zero attached hydrogens (tertiary/aromatic N) is 1. The first kappa shape index (κ1) is 25.5. The maximum absolute atomic E-state index is 12.5. The Morgan fingerprint density at radius 3 is 2.09 bits per heavy atom. The third-order valence-electron chi connectivity index (χ3n) is 5.34. The summed E-state index contributed by atoms with van der Waals surface area (Å²) in [5.41, 5.74) is 2.23. The quantitative estimate of drug-likeness (QED) is 0.541. The SMILES string of the molecule is COc1ccc(NCC(=O)N2CCC(Cc3ccccc3)CC2)cc1OC.O=C(O)C(=O)O. The molecule has 9 heteroatoms. The average Bonchev–Trinajstić information content (AvgIpc) is 2.83. The lowest BCUT2D eigenvalue weighted by Crippen LogP contribution is -2.41. The van der Waals surface area contributed by atoms with E-state index in [0.717, 1.165) is 38.0 Å². The van der Waals surface area contributed by atoms with Crippen LogP contribution in [0.3, 0.4) is 0 Å². The third kappa shape index (κ3) is 8.36. The van der Waals surface area contributed by atoms with Gasteiger partial charge < -0.3 is 29.9 Å². The number of methoxy groups -OCH3 is 2. The molecule has 178 valence electrons. The highest BCUT2D eigenvalue weighted by molar-refractivity contribution is 6.27. The third-order valence-corrected chi connectivity index (χ3v) is 5.34. The molecule has 3 N–H and O–H groups in total. The Hall–Kier alpha value is -3.75. The van der Waals surface area contributed by atoms with Crippen LogP contribution in [-0.4, -0.2) is 66.8 Å². The van der Waals surface area contributed by atoms with Crippen LogP contribution in [0.1, 0.15) is 18.4 Å². The van der Waals surface area contributed by atoms with Gasteiger partial charge >= 0.3 is 11.9 Å². The molecule has 0 aromatic heterocycles. The van der Waals surface area contributed by atoms with Crippen molar-refractivity contribution in [1.29, 1.82) is 0 Å². The van der Waals surface area contributed by atoms with Crippen molar-refractivity contribution in [3.8, 4) is 11.5 Å². The van der Waals surface area contributed by atoms with Gasteiger partial charge in [0.25, 0.3) is 0 Å². The van der Waals surface area contributed by atoms with Gasteiger partial charge in [-0.2, -0.15) is 0 Å². The molecule has 9 nitrogen and oxygen atoms in total. The van der Waals surface area contributed by atoms with E-state index in [1.807, 2.05) is 23.1 Å². The van der Waals surface area contributed by atoms with Gasteiger partial charge in [0.15, 0.2) is 11.5 Å². The second-order valence-electron chi connectivity index (χ2n) is 7.55. The van der Waals surface area contributed by atoms with E-state index >= 15 is 0 Å². The largest absolute Gasteiger partial charge is 0.493 e. The first-order valence-corrected chi connectivity index (χ1v) is 10.6. The molecule has 2 aromatic rings. The monoisotopic (exact) mass is 458 g/mol. The predicted octanol–water partition coefficient (Wildman–Crippen LogP) is 2.75. The smallest absolute Gasteiger partial charge is 0.414 e. The first-order chi connectivity index (χ1) is 15.8. The fourth-order valence-electron chi connectivity index (χ4n) is 3.57. The lowest BCUT2D eigenvalue weighted by atomic mass is 9.90. The van der Waals surface area contributed by atoms with Crippen LogP contribution in [0.5, 0.6) is 11.5 Å².